The lowest BCUT2D eigenvalue weighted by Gasteiger charge is -2.15. The molecule has 2 aromatic rings. The molecule has 1 aliphatic heterocycles. The van der Waals surface area contributed by atoms with E-state index in [1.54, 1.807) is 12.1 Å². The van der Waals surface area contributed by atoms with Gasteiger partial charge in [-0.05, 0) is 24.3 Å². The van der Waals surface area contributed by atoms with E-state index >= 15 is 0 Å². The molecule has 104 valence electrons. The first-order valence-electron chi connectivity index (χ1n) is 6.42. The van der Waals surface area contributed by atoms with Crippen LogP contribution in [0.4, 0.5) is 4.39 Å². The van der Waals surface area contributed by atoms with Crippen LogP contribution in [0.15, 0.2) is 34.0 Å². The Morgan fingerprint density at radius 2 is 2.10 bits per heavy atom. The maximum absolute atomic E-state index is 12.8. The van der Waals surface area contributed by atoms with Crippen molar-refractivity contribution in [2.24, 2.45) is 0 Å². The lowest BCUT2D eigenvalue weighted by atomic mass is 10.1. The summed E-state index contributed by atoms with van der Waals surface area (Å²) in [5.41, 5.74) is 1.57. The molecule has 20 heavy (non-hydrogen) atoms. The molecule has 0 unspecified atom stereocenters. The zero-order valence-corrected chi connectivity index (χ0v) is 11.6. The van der Waals surface area contributed by atoms with Crippen molar-refractivity contribution in [3.63, 3.8) is 0 Å². The van der Waals surface area contributed by atoms with Crippen LogP contribution in [0.25, 0.3) is 0 Å². The molecular weight excluding hydrogens is 277 g/mol. The van der Waals surface area contributed by atoms with E-state index in [1.165, 1.54) is 23.9 Å². The van der Waals surface area contributed by atoms with E-state index in [1.807, 2.05) is 0 Å². The van der Waals surface area contributed by atoms with Crippen LogP contribution in [-0.4, -0.2) is 16.5 Å². The van der Waals surface area contributed by atoms with Gasteiger partial charge in [-0.2, -0.15) is 0 Å². The third kappa shape index (κ3) is 2.91. The number of thioether (sulfide) groups is 1. The molecule has 1 aromatic heterocycles. The summed E-state index contributed by atoms with van der Waals surface area (Å²) >= 11 is 1.53. The van der Waals surface area contributed by atoms with Crippen molar-refractivity contribution in [1.82, 2.24) is 15.3 Å². The summed E-state index contributed by atoms with van der Waals surface area (Å²) in [6.45, 7) is 1.44. The molecule has 0 aliphatic carbocycles. The predicted octanol–water partition coefficient (Wildman–Crippen LogP) is 1.85. The first-order valence-corrected chi connectivity index (χ1v) is 7.41. The minimum Gasteiger partial charge on any atom is -0.312 e. The molecule has 0 saturated heterocycles. The number of nitrogens with one attached hydrogen (secondary N) is 2. The minimum atomic E-state index is -0.248. The fourth-order valence-corrected chi connectivity index (χ4v) is 2.92. The Morgan fingerprint density at radius 1 is 1.30 bits per heavy atom. The van der Waals surface area contributed by atoms with E-state index in [4.69, 9.17) is 0 Å². The summed E-state index contributed by atoms with van der Waals surface area (Å²) < 4.78 is 12.8. The van der Waals surface area contributed by atoms with Gasteiger partial charge < -0.3 is 10.3 Å². The SMILES string of the molecule is O=c1[nH]c(CSc2ccc(F)cc2)nc2c1CNCC2. The lowest BCUT2D eigenvalue weighted by molar-refractivity contribution is 0.616. The molecule has 1 aromatic carbocycles. The van der Waals surface area contributed by atoms with Gasteiger partial charge in [-0.15, -0.1) is 11.8 Å². The maximum atomic E-state index is 12.8. The molecule has 0 spiro atoms. The second-order valence-electron chi connectivity index (χ2n) is 4.61. The average Bonchev–Trinajstić information content (AvgIpc) is 2.47. The van der Waals surface area contributed by atoms with E-state index < -0.39 is 0 Å². The summed E-state index contributed by atoms with van der Waals surface area (Å²) in [4.78, 5) is 20.2. The topological polar surface area (TPSA) is 57.8 Å². The highest BCUT2D eigenvalue weighted by molar-refractivity contribution is 7.98. The van der Waals surface area contributed by atoms with Crippen LogP contribution < -0.4 is 10.9 Å². The molecule has 6 heteroatoms. The largest absolute Gasteiger partial charge is 0.312 e. The van der Waals surface area contributed by atoms with Crippen molar-refractivity contribution in [3.8, 4) is 0 Å². The summed E-state index contributed by atoms with van der Waals surface area (Å²) in [5, 5.41) is 3.16. The highest BCUT2D eigenvalue weighted by atomic mass is 32.2. The van der Waals surface area contributed by atoms with E-state index in [0.717, 1.165) is 29.1 Å². The Balaban J connectivity index is 1.76. The van der Waals surface area contributed by atoms with Gasteiger partial charge in [0.25, 0.3) is 5.56 Å². The van der Waals surface area contributed by atoms with Gasteiger partial charge in [0, 0.05) is 24.4 Å². The number of rotatable bonds is 3. The van der Waals surface area contributed by atoms with Gasteiger partial charge in [0.2, 0.25) is 0 Å². The van der Waals surface area contributed by atoms with Gasteiger partial charge in [0.1, 0.15) is 11.6 Å². The van der Waals surface area contributed by atoms with Crippen LogP contribution in [0.1, 0.15) is 17.1 Å². The van der Waals surface area contributed by atoms with Crippen molar-refractivity contribution < 1.29 is 4.39 Å². The summed E-state index contributed by atoms with van der Waals surface area (Å²) in [7, 11) is 0. The van der Waals surface area contributed by atoms with E-state index in [-0.39, 0.29) is 11.4 Å². The van der Waals surface area contributed by atoms with Gasteiger partial charge in [0.15, 0.2) is 0 Å². The van der Waals surface area contributed by atoms with Crippen LogP contribution in [0, 0.1) is 5.82 Å². The second-order valence-corrected chi connectivity index (χ2v) is 5.66. The quantitative estimate of drug-likeness (QED) is 0.847. The van der Waals surface area contributed by atoms with Gasteiger partial charge >= 0.3 is 0 Å². The van der Waals surface area contributed by atoms with Crippen LogP contribution in [-0.2, 0) is 18.7 Å². The molecule has 3 rings (SSSR count). The number of hydrogen-bond donors (Lipinski definition) is 2. The summed E-state index contributed by atoms with van der Waals surface area (Å²) in [6, 6.07) is 6.30. The number of halogens is 1. The first kappa shape index (κ1) is 13.3. The van der Waals surface area contributed by atoms with Crippen LogP contribution >= 0.6 is 11.8 Å². The number of nitrogens with zero attached hydrogens (tertiary/aromatic N) is 1. The molecule has 1 aliphatic rings. The fraction of sp³-hybridized carbons (Fsp3) is 0.286. The van der Waals surface area contributed by atoms with Crippen LogP contribution in [0.5, 0.6) is 0 Å². The highest BCUT2D eigenvalue weighted by Gasteiger charge is 2.14. The third-order valence-corrected chi connectivity index (χ3v) is 4.20. The number of benzene rings is 1. The van der Waals surface area contributed by atoms with Crippen molar-refractivity contribution in [2.45, 2.75) is 23.6 Å². The molecule has 0 atom stereocenters. The normalized spacial score (nSPS) is 14.1. The smallest absolute Gasteiger partial charge is 0.255 e. The Bertz CT molecular complexity index is 669. The van der Waals surface area contributed by atoms with Crippen molar-refractivity contribution in [2.75, 3.05) is 6.54 Å². The zero-order chi connectivity index (χ0) is 13.9. The predicted molar refractivity (Wildman–Crippen MR) is 76.2 cm³/mol. The fourth-order valence-electron chi connectivity index (χ4n) is 2.16. The standard InChI is InChI=1S/C14H14FN3OS/c15-9-1-3-10(4-2-9)20-8-13-17-12-5-6-16-7-11(12)14(19)18-13/h1-4,16H,5-8H2,(H,17,18,19). The van der Waals surface area contributed by atoms with E-state index in [2.05, 4.69) is 15.3 Å². The molecular formula is C14H14FN3OS. The third-order valence-electron chi connectivity index (χ3n) is 3.18. The molecule has 0 bridgehead atoms. The molecule has 0 fully saturated rings. The van der Waals surface area contributed by atoms with Gasteiger partial charge in [-0.3, -0.25) is 4.79 Å². The molecule has 0 amide bonds. The van der Waals surface area contributed by atoms with Crippen LogP contribution in [0.3, 0.4) is 0 Å². The van der Waals surface area contributed by atoms with Crippen molar-refractivity contribution in [1.29, 1.82) is 0 Å². The monoisotopic (exact) mass is 291 g/mol. The average molecular weight is 291 g/mol. The molecule has 2 N–H and O–H groups in total. The van der Waals surface area contributed by atoms with E-state index in [9.17, 15) is 9.18 Å². The van der Waals surface area contributed by atoms with Gasteiger partial charge in [0.05, 0.1) is 17.0 Å². The Labute approximate surface area is 119 Å². The summed E-state index contributed by atoms with van der Waals surface area (Å²) in [6.07, 6.45) is 0.785. The Hall–Kier alpha value is -1.66. The maximum Gasteiger partial charge on any atom is 0.255 e. The number of H-pyrrole nitrogens is 1. The number of hydrogen-bond acceptors (Lipinski definition) is 4. The highest BCUT2D eigenvalue weighted by Crippen LogP contribution is 2.21. The first-order chi connectivity index (χ1) is 9.72. The number of aromatic nitrogens is 2. The van der Waals surface area contributed by atoms with E-state index in [0.29, 0.717) is 18.1 Å². The second kappa shape index (κ2) is 5.76. The summed E-state index contributed by atoms with van der Waals surface area (Å²) in [5.74, 6) is 0.994. The van der Waals surface area contributed by atoms with Gasteiger partial charge in [-0.25, -0.2) is 9.37 Å². The lowest BCUT2D eigenvalue weighted by Crippen LogP contribution is -2.32. The Morgan fingerprint density at radius 3 is 2.90 bits per heavy atom. The molecule has 4 nitrogen and oxygen atoms in total. The van der Waals surface area contributed by atoms with Crippen LogP contribution in [0.2, 0.25) is 0 Å². The number of aromatic amines is 1. The van der Waals surface area contributed by atoms with Crippen molar-refractivity contribution >= 4 is 11.8 Å². The van der Waals surface area contributed by atoms with Gasteiger partial charge in [-0.1, -0.05) is 0 Å². The molecule has 0 saturated carbocycles. The van der Waals surface area contributed by atoms with Crippen molar-refractivity contribution in [3.05, 3.63) is 57.5 Å². The molecule has 0 radical (unpaired) electrons. The Kier molecular flexibility index (Phi) is 3.84. The zero-order valence-electron chi connectivity index (χ0n) is 10.8. The minimum absolute atomic E-state index is 0.0584. The number of fused-ring (bicyclic) bond motifs is 1. The molecule has 2 heterocycles.